The number of fused-ring (bicyclic) bond motifs is 1. The Morgan fingerprint density at radius 3 is 2.34 bits per heavy atom. The van der Waals surface area contributed by atoms with Gasteiger partial charge in [-0.15, -0.1) is 24.5 Å². The number of aryl methyl sites for hydroxylation is 1. The summed E-state index contributed by atoms with van der Waals surface area (Å²) in [5.74, 6) is -1.92. The van der Waals surface area contributed by atoms with Crippen molar-refractivity contribution in [2.75, 3.05) is 0 Å². The van der Waals surface area contributed by atoms with Crippen LogP contribution < -0.4 is 4.74 Å². The topological polar surface area (TPSA) is 110 Å². The highest BCUT2D eigenvalue weighted by atomic mass is 32.1. The van der Waals surface area contributed by atoms with Crippen LogP contribution in [0.25, 0.3) is 32.7 Å². The maximum absolute atomic E-state index is 13.7. The van der Waals surface area contributed by atoms with Gasteiger partial charge in [-0.2, -0.15) is 0 Å². The first-order valence-electron chi connectivity index (χ1n) is 11.0. The molecule has 0 saturated carbocycles. The van der Waals surface area contributed by atoms with E-state index in [0.717, 1.165) is 29.7 Å². The summed E-state index contributed by atoms with van der Waals surface area (Å²) >= 11 is 1.15. The predicted molar refractivity (Wildman–Crippen MR) is 133 cm³/mol. The van der Waals surface area contributed by atoms with Crippen molar-refractivity contribution in [3.8, 4) is 34.1 Å². The minimum Gasteiger partial charge on any atom is -0.508 e. The van der Waals surface area contributed by atoms with E-state index in [2.05, 4.69) is 9.72 Å². The number of oxazole rings is 1. The second-order valence-electron chi connectivity index (χ2n) is 8.26. The standard InChI is InChI=1S/C27H16F3NO6S/c1-13-10-17(37-27(28,29)30)7-9-18(13)23(33)24-22(19-8-6-16(32)11-21(19)38-24)14-2-4-15(5-3-14)25-31-20(12-36-25)26(34)35/h2-12,32H,1H3,(H,34,35). The van der Waals surface area contributed by atoms with Crippen molar-refractivity contribution >= 4 is 33.2 Å². The van der Waals surface area contributed by atoms with Crippen molar-refractivity contribution in [1.29, 1.82) is 0 Å². The van der Waals surface area contributed by atoms with Crippen LogP contribution in [0.5, 0.6) is 11.5 Å². The molecule has 2 N–H and O–H groups in total. The summed E-state index contributed by atoms with van der Waals surface area (Å²) in [6.07, 6.45) is -3.82. The van der Waals surface area contributed by atoms with Crippen LogP contribution in [-0.4, -0.2) is 33.3 Å². The lowest BCUT2D eigenvalue weighted by atomic mass is 9.95. The van der Waals surface area contributed by atoms with Crippen LogP contribution in [0.1, 0.15) is 31.3 Å². The highest BCUT2D eigenvalue weighted by Crippen LogP contribution is 2.42. The molecule has 0 spiro atoms. The number of carboxylic acids is 1. The van der Waals surface area contributed by atoms with Gasteiger partial charge in [0.2, 0.25) is 11.7 Å². The molecular weight excluding hydrogens is 523 g/mol. The summed E-state index contributed by atoms with van der Waals surface area (Å²) in [6, 6.07) is 15.0. The van der Waals surface area contributed by atoms with Crippen molar-refractivity contribution < 1.29 is 42.1 Å². The van der Waals surface area contributed by atoms with Gasteiger partial charge in [-0.1, -0.05) is 12.1 Å². The Hall–Kier alpha value is -4.64. The van der Waals surface area contributed by atoms with Crippen LogP contribution in [0.3, 0.4) is 0 Å². The molecule has 2 aromatic heterocycles. The smallest absolute Gasteiger partial charge is 0.508 e. The van der Waals surface area contributed by atoms with Crippen LogP contribution in [0.15, 0.2) is 71.3 Å². The van der Waals surface area contributed by atoms with Crippen LogP contribution in [0.4, 0.5) is 13.2 Å². The second kappa shape index (κ2) is 9.34. The lowest BCUT2D eigenvalue weighted by Gasteiger charge is -2.12. The number of hydrogen-bond donors (Lipinski definition) is 2. The third-order valence-corrected chi connectivity index (χ3v) is 6.85. The lowest BCUT2D eigenvalue weighted by Crippen LogP contribution is -2.17. The zero-order valence-electron chi connectivity index (χ0n) is 19.4. The van der Waals surface area contributed by atoms with Crippen molar-refractivity contribution in [3.63, 3.8) is 0 Å². The van der Waals surface area contributed by atoms with E-state index in [1.807, 2.05) is 0 Å². The Morgan fingerprint density at radius 2 is 1.71 bits per heavy atom. The Kier molecular flexibility index (Phi) is 6.15. The van der Waals surface area contributed by atoms with Gasteiger partial charge in [0.1, 0.15) is 17.8 Å². The molecule has 5 aromatic rings. The Labute approximate surface area is 216 Å². The number of carboxylic acid groups (broad SMARTS) is 1. The molecule has 0 bridgehead atoms. The molecule has 0 amide bonds. The lowest BCUT2D eigenvalue weighted by molar-refractivity contribution is -0.274. The molecule has 7 nitrogen and oxygen atoms in total. The quantitative estimate of drug-likeness (QED) is 0.222. The number of ether oxygens (including phenoxy) is 1. The predicted octanol–water partition coefficient (Wildman–Crippen LogP) is 7.07. The first kappa shape index (κ1) is 25.0. The van der Waals surface area contributed by atoms with E-state index in [1.165, 1.54) is 25.1 Å². The molecular formula is C27H16F3NO6S. The van der Waals surface area contributed by atoms with E-state index < -0.39 is 23.9 Å². The van der Waals surface area contributed by atoms with Crippen LogP contribution >= 0.6 is 11.3 Å². The molecule has 0 aliphatic heterocycles. The molecule has 5 rings (SSSR count). The van der Waals surface area contributed by atoms with Gasteiger partial charge in [0.05, 0.1) is 4.88 Å². The highest BCUT2D eigenvalue weighted by molar-refractivity contribution is 7.21. The molecule has 0 atom stereocenters. The number of phenols is 1. The third kappa shape index (κ3) is 4.83. The fourth-order valence-electron chi connectivity index (χ4n) is 4.03. The number of benzene rings is 3. The Morgan fingerprint density at radius 1 is 1.00 bits per heavy atom. The first-order chi connectivity index (χ1) is 18.0. The van der Waals surface area contributed by atoms with Crippen LogP contribution in [0, 0.1) is 6.92 Å². The maximum Gasteiger partial charge on any atom is 0.573 e. The molecule has 0 radical (unpaired) electrons. The number of ketones is 1. The Bertz CT molecular complexity index is 1700. The minimum atomic E-state index is -4.86. The summed E-state index contributed by atoms with van der Waals surface area (Å²) in [5.41, 5.74) is 2.01. The molecule has 0 unspecified atom stereocenters. The molecule has 0 aliphatic rings. The van der Waals surface area contributed by atoms with E-state index >= 15 is 0 Å². The summed E-state index contributed by atoms with van der Waals surface area (Å²) in [5, 5.41) is 19.7. The van der Waals surface area contributed by atoms with Gasteiger partial charge >= 0.3 is 12.3 Å². The first-order valence-corrected chi connectivity index (χ1v) is 11.8. The zero-order valence-corrected chi connectivity index (χ0v) is 20.2. The van der Waals surface area contributed by atoms with Crippen LogP contribution in [-0.2, 0) is 0 Å². The average Bonchev–Trinajstić information content (AvgIpc) is 3.48. The normalized spacial score (nSPS) is 11.6. The van der Waals surface area contributed by atoms with E-state index in [0.29, 0.717) is 37.2 Å². The van der Waals surface area contributed by atoms with E-state index in [4.69, 9.17) is 9.52 Å². The highest BCUT2D eigenvalue weighted by Gasteiger charge is 2.31. The molecule has 3 aromatic carbocycles. The number of hydrogen-bond acceptors (Lipinski definition) is 7. The number of phenolic OH excluding ortho intramolecular Hbond substituents is 1. The van der Waals surface area contributed by atoms with Crippen molar-refractivity contribution in [2.45, 2.75) is 13.3 Å². The SMILES string of the molecule is Cc1cc(OC(F)(F)F)ccc1C(=O)c1sc2cc(O)ccc2c1-c1ccc(-c2nc(C(=O)O)co2)cc1. The largest absolute Gasteiger partial charge is 0.573 e. The van der Waals surface area contributed by atoms with Gasteiger partial charge in [-0.05, 0) is 66.6 Å². The number of carbonyl (C=O) groups excluding carboxylic acids is 1. The van der Waals surface area contributed by atoms with Gasteiger partial charge in [-0.25, -0.2) is 9.78 Å². The molecule has 0 fully saturated rings. The fraction of sp³-hybridized carbons (Fsp3) is 0.0741. The monoisotopic (exact) mass is 539 g/mol. The summed E-state index contributed by atoms with van der Waals surface area (Å²) in [7, 11) is 0. The molecule has 2 heterocycles. The molecule has 11 heteroatoms. The summed E-state index contributed by atoms with van der Waals surface area (Å²) in [4.78, 5) is 29.0. The summed E-state index contributed by atoms with van der Waals surface area (Å²) in [6.45, 7) is 1.52. The van der Waals surface area contributed by atoms with Crippen molar-refractivity contribution in [1.82, 2.24) is 4.98 Å². The number of halogens is 3. The maximum atomic E-state index is 13.7. The van der Waals surface area contributed by atoms with Gasteiger partial charge < -0.3 is 19.4 Å². The van der Waals surface area contributed by atoms with Gasteiger partial charge in [0, 0.05) is 26.8 Å². The number of aromatic carboxylic acids is 1. The molecule has 192 valence electrons. The van der Waals surface area contributed by atoms with Crippen molar-refractivity contribution in [2.24, 2.45) is 0 Å². The minimum absolute atomic E-state index is 0.0163. The number of alkyl halides is 3. The molecule has 38 heavy (non-hydrogen) atoms. The van der Waals surface area contributed by atoms with E-state index in [1.54, 1.807) is 30.3 Å². The second-order valence-corrected chi connectivity index (χ2v) is 9.31. The van der Waals surface area contributed by atoms with Gasteiger partial charge in [-0.3, -0.25) is 4.79 Å². The van der Waals surface area contributed by atoms with E-state index in [-0.39, 0.29) is 22.9 Å². The van der Waals surface area contributed by atoms with Crippen molar-refractivity contribution in [3.05, 3.63) is 88.6 Å². The van der Waals surface area contributed by atoms with Crippen LogP contribution in [0.2, 0.25) is 0 Å². The number of nitrogens with zero attached hydrogens (tertiary/aromatic N) is 1. The number of aromatic nitrogens is 1. The summed E-state index contributed by atoms with van der Waals surface area (Å²) < 4.78 is 47.7. The molecule has 0 aliphatic carbocycles. The number of carbonyl (C=O) groups is 2. The fourth-order valence-corrected chi connectivity index (χ4v) is 5.24. The van der Waals surface area contributed by atoms with Gasteiger partial charge in [0.25, 0.3) is 0 Å². The van der Waals surface area contributed by atoms with Gasteiger partial charge in [0.15, 0.2) is 5.69 Å². The zero-order chi connectivity index (χ0) is 27.2. The third-order valence-electron chi connectivity index (χ3n) is 5.70. The average molecular weight is 539 g/mol. The Balaban J connectivity index is 1.58. The number of rotatable bonds is 6. The number of thiophene rings is 1. The molecule has 0 saturated heterocycles. The van der Waals surface area contributed by atoms with E-state index in [9.17, 15) is 27.9 Å². The number of aromatic hydroxyl groups is 1.